The van der Waals surface area contributed by atoms with Crippen LogP contribution < -0.4 is 21.7 Å². The van der Waals surface area contributed by atoms with Gasteiger partial charge >= 0.3 is 0 Å². The van der Waals surface area contributed by atoms with Gasteiger partial charge in [0.2, 0.25) is 0 Å². The maximum atomic E-state index is 15.4. The number of benzene rings is 7. The molecule has 0 aliphatic rings. The number of fused-ring (bicyclic) bond motifs is 8. The molecule has 326 valence electrons. The van der Waals surface area contributed by atoms with Gasteiger partial charge in [0, 0.05) is 43.1 Å². The number of nitrogens with zero attached hydrogens (tertiary/aromatic N) is 2. The monoisotopic (exact) mass is 864 g/mol. The molecule has 0 spiro atoms. The van der Waals surface area contributed by atoms with Gasteiger partial charge in [-0.2, -0.15) is 0 Å². The van der Waals surface area contributed by atoms with E-state index in [1.807, 2.05) is 54.6 Å². The summed E-state index contributed by atoms with van der Waals surface area (Å²) < 4.78 is 4.13. The van der Waals surface area contributed by atoms with Crippen LogP contribution in [0.3, 0.4) is 0 Å². The van der Waals surface area contributed by atoms with Crippen molar-refractivity contribution in [1.29, 1.82) is 0 Å². The van der Waals surface area contributed by atoms with E-state index in [9.17, 15) is 0 Å². The molecule has 11 rings (SSSR count). The number of aromatic nitrogens is 2. The Kier molecular flexibility index (Phi) is 8.61. The Morgan fingerprint density at radius 2 is 0.636 bits per heavy atom. The quantitative estimate of drug-likeness (QED) is 0.128. The van der Waals surface area contributed by atoms with Crippen LogP contribution >= 0.6 is 0 Å². The smallest absolute Gasteiger partial charge is 0.197 e. The molecule has 0 aliphatic heterocycles. The van der Waals surface area contributed by atoms with Gasteiger partial charge < -0.3 is 8.80 Å². The summed E-state index contributed by atoms with van der Waals surface area (Å²) in [5, 5.41) is 3.58. The minimum absolute atomic E-state index is 0.135. The fourth-order valence-corrected chi connectivity index (χ4v) is 11.4. The van der Waals surface area contributed by atoms with E-state index in [1.165, 1.54) is 0 Å². The first-order chi connectivity index (χ1) is 31.1. The Bertz CT molecular complexity index is 3950. The van der Waals surface area contributed by atoms with Gasteiger partial charge in [0.1, 0.15) is 0 Å². The summed E-state index contributed by atoms with van der Waals surface area (Å²) in [6, 6.07) is 32.2. The lowest BCUT2D eigenvalue weighted by Gasteiger charge is -2.22. The third-order valence-corrected chi connectivity index (χ3v) is 14.4. The Balaban J connectivity index is 1.39. The maximum Gasteiger partial charge on any atom is 0.197 e. The van der Waals surface area contributed by atoms with E-state index in [0.717, 1.165) is 66.8 Å². The van der Waals surface area contributed by atoms with Crippen LogP contribution in [-0.4, -0.2) is 8.80 Å². The van der Waals surface area contributed by atoms with E-state index < -0.39 is 0 Å². The van der Waals surface area contributed by atoms with Gasteiger partial charge in [-0.15, -0.1) is 0 Å². The van der Waals surface area contributed by atoms with Crippen molar-refractivity contribution < 1.29 is 0 Å². The molecular weight excluding hydrogens is 813 g/mol. The zero-order chi connectivity index (χ0) is 46.8. The van der Waals surface area contributed by atoms with E-state index in [2.05, 4.69) is 128 Å². The third-order valence-electron chi connectivity index (χ3n) is 14.4. The van der Waals surface area contributed by atoms with Crippen LogP contribution in [0.5, 0.6) is 0 Å². The zero-order valence-electron chi connectivity index (χ0n) is 39.8. The number of hydrogen-bond acceptors (Lipinski definition) is 4. The topological polar surface area (TPSA) is 77.1 Å². The van der Waals surface area contributed by atoms with Crippen molar-refractivity contribution in [2.24, 2.45) is 0 Å². The molecule has 6 nitrogen and oxygen atoms in total. The lowest BCUT2D eigenvalue weighted by atomic mass is 9.85. The Labute approximate surface area is 382 Å². The largest absolute Gasteiger partial charge is 0.307 e. The SMILES string of the molecule is Cc1cc(C)c(-c2cc3c(=O)c4cc(C(C)(C)C)ccc4n4c5cc6c(cc5c(=O)c(c2)c34)c(=O)c2cc(-c3c(C)cc(C)cc3C)cc3c(=O)c4cc(C(C)(C)C)ccc4n6c32)c(C)c1. The first-order valence-corrected chi connectivity index (χ1v) is 22.9. The van der Waals surface area contributed by atoms with Crippen LogP contribution in [0, 0.1) is 41.5 Å². The second-order valence-electron chi connectivity index (χ2n) is 21.2. The van der Waals surface area contributed by atoms with Crippen LogP contribution in [0.25, 0.3) is 98.4 Å². The molecule has 6 heteroatoms. The standard InChI is InChI=1S/C60H52N2O4/c1-29-17-31(3)51(32(4)18-29)35-21-43-53-45(23-35)57(65)41-27-42-50(28-49(41)61(53)47-15-13-37(59(7,8)9)25-39(47)55(43)63)62-48-16-14-38(60(10,11)12)26-40(48)56(64)44-22-36(24-46(54(44)62)58(42)66)52-33(5)19-30(2)20-34(52)6/h13-28H,1-12H3. The fourth-order valence-electron chi connectivity index (χ4n) is 11.4. The third kappa shape index (κ3) is 5.79. The fraction of sp³-hybridized carbons (Fsp3) is 0.233. The van der Waals surface area contributed by atoms with Crippen molar-refractivity contribution in [2.45, 2.75) is 93.9 Å². The van der Waals surface area contributed by atoms with Gasteiger partial charge in [-0.1, -0.05) is 89.1 Å². The summed E-state index contributed by atoms with van der Waals surface area (Å²) in [6.07, 6.45) is 0. The minimum atomic E-state index is -0.255. The van der Waals surface area contributed by atoms with Gasteiger partial charge in [-0.3, -0.25) is 19.2 Å². The highest BCUT2D eigenvalue weighted by molar-refractivity contribution is 6.15. The van der Waals surface area contributed by atoms with E-state index in [4.69, 9.17) is 0 Å². The molecule has 4 heterocycles. The summed E-state index contributed by atoms with van der Waals surface area (Å²) in [5.74, 6) is 0. The first-order valence-electron chi connectivity index (χ1n) is 22.9. The van der Waals surface area contributed by atoms with Crippen molar-refractivity contribution in [2.75, 3.05) is 0 Å². The van der Waals surface area contributed by atoms with Crippen LogP contribution in [0.2, 0.25) is 0 Å². The van der Waals surface area contributed by atoms with Crippen LogP contribution in [0.15, 0.2) is 116 Å². The number of pyridine rings is 4. The average molecular weight is 865 g/mol. The van der Waals surface area contributed by atoms with Crippen LogP contribution in [0.1, 0.15) is 86.1 Å². The molecule has 0 bridgehead atoms. The number of rotatable bonds is 2. The first kappa shape index (κ1) is 41.5. The summed E-state index contributed by atoms with van der Waals surface area (Å²) in [4.78, 5) is 60.9. The van der Waals surface area contributed by atoms with Gasteiger partial charge in [0.25, 0.3) is 0 Å². The normalized spacial score (nSPS) is 12.8. The Morgan fingerprint density at radius 3 is 0.939 bits per heavy atom. The molecule has 0 fully saturated rings. The van der Waals surface area contributed by atoms with Crippen molar-refractivity contribution in [3.05, 3.63) is 182 Å². The van der Waals surface area contributed by atoms with Gasteiger partial charge in [0.15, 0.2) is 21.7 Å². The summed E-state index contributed by atoms with van der Waals surface area (Å²) in [6.45, 7) is 25.2. The Hall–Kier alpha value is -7.18. The highest BCUT2D eigenvalue weighted by Gasteiger charge is 2.26. The van der Waals surface area contributed by atoms with E-state index in [0.29, 0.717) is 76.2 Å². The van der Waals surface area contributed by atoms with E-state index >= 15 is 19.2 Å². The maximum absolute atomic E-state index is 15.4. The average Bonchev–Trinajstić information content (AvgIpc) is 3.24. The predicted octanol–water partition coefficient (Wildman–Crippen LogP) is 13.2. The van der Waals surface area contributed by atoms with Crippen molar-refractivity contribution in [3.8, 4) is 22.3 Å². The lowest BCUT2D eigenvalue weighted by molar-refractivity contribution is 0.591. The predicted molar refractivity (Wildman–Crippen MR) is 278 cm³/mol. The number of hydrogen-bond donors (Lipinski definition) is 0. The zero-order valence-corrected chi connectivity index (χ0v) is 39.8. The molecule has 0 aliphatic carbocycles. The molecular formula is C60H52N2O4. The van der Waals surface area contributed by atoms with Crippen molar-refractivity contribution >= 4 is 76.2 Å². The summed E-state index contributed by atoms with van der Waals surface area (Å²) in [7, 11) is 0. The summed E-state index contributed by atoms with van der Waals surface area (Å²) >= 11 is 0. The number of aryl methyl sites for hydroxylation is 6. The van der Waals surface area contributed by atoms with E-state index in [-0.39, 0.29) is 32.5 Å². The van der Waals surface area contributed by atoms with Crippen molar-refractivity contribution in [1.82, 2.24) is 8.80 Å². The van der Waals surface area contributed by atoms with Crippen LogP contribution in [-0.2, 0) is 10.8 Å². The second-order valence-corrected chi connectivity index (χ2v) is 21.2. The molecule has 0 atom stereocenters. The molecule has 0 saturated heterocycles. The Morgan fingerprint density at radius 1 is 0.333 bits per heavy atom. The molecule has 0 N–H and O–H groups in total. The molecule has 4 aromatic heterocycles. The molecule has 11 aromatic rings. The minimum Gasteiger partial charge on any atom is -0.307 e. The second kappa shape index (κ2) is 13.7. The summed E-state index contributed by atoms with van der Waals surface area (Å²) in [5.41, 5.74) is 14.5. The molecule has 0 radical (unpaired) electrons. The molecule has 0 amide bonds. The van der Waals surface area contributed by atoms with E-state index in [1.54, 1.807) is 6.07 Å². The van der Waals surface area contributed by atoms with Gasteiger partial charge in [-0.05, 0) is 169 Å². The van der Waals surface area contributed by atoms with Crippen molar-refractivity contribution in [3.63, 3.8) is 0 Å². The van der Waals surface area contributed by atoms with Crippen LogP contribution in [0.4, 0.5) is 0 Å². The molecule has 0 saturated carbocycles. The highest BCUT2D eigenvalue weighted by atomic mass is 16.1. The molecule has 66 heavy (non-hydrogen) atoms. The lowest BCUT2D eigenvalue weighted by Crippen LogP contribution is -2.18. The van der Waals surface area contributed by atoms with Gasteiger partial charge in [0.05, 0.1) is 33.1 Å². The van der Waals surface area contributed by atoms with Gasteiger partial charge in [-0.25, -0.2) is 0 Å². The molecule has 0 unspecified atom stereocenters. The highest BCUT2D eigenvalue weighted by Crippen LogP contribution is 2.39. The molecule has 7 aromatic carbocycles.